The van der Waals surface area contributed by atoms with Crippen LogP contribution in [-0.4, -0.2) is 49.2 Å². The Morgan fingerprint density at radius 3 is 2.53 bits per heavy atom. The van der Waals surface area contributed by atoms with Crippen LogP contribution in [0.4, 0.5) is 14.6 Å². The predicted octanol–water partition coefficient (Wildman–Crippen LogP) is 5.51. The number of hydrogen-bond donors (Lipinski definition) is 0. The maximum absolute atomic E-state index is 13.9. The minimum atomic E-state index is -2.60. The van der Waals surface area contributed by atoms with E-state index in [-0.39, 0.29) is 12.8 Å². The normalized spacial score (nSPS) is 23.8. The molecule has 9 heteroatoms. The molecule has 1 saturated heterocycles. The zero-order valence-electron chi connectivity index (χ0n) is 20.5. The maximum atomic E-state index is 13.9. The van der Waals surface area contributed by atoms with Crippen molar-refractivity contribution in [2.24, 2.45) is 5.41 Å². The average Bonchev–Trinajstić information content (AvgIpc) is 3.05. The molecule has 1 aromatic carbocycles. The van der Waals surface area contributed by atoms with E-state index in [4.69, 9.17) is 11.6 Å². The predicted molar refractivity (Wildman–Crippen MR) is 134 cm³/mol. The third kappa shape index (κ3) is 3.48. The van der Waals surface area contributed by atoms with Gasteiger partial charge in [-0.1, -0.05) is 11.6 Å². The van der Waals surface area contributed by atoms with E-state index in [9.17, 15) is 8.78 Å². The standard InChI is InChI=1S/C27H29ClF2N6/c1-17-5-6-31-22(7-17)34-15-26(16-34)9-19(10-26)24-33-32-23-12-35(25(2)13-27(29,30)14-25)11-18-8-20(28)3-4-21(18)36(23)24/h3-8,19H,9-16H2,1-2H3. The van der Waals surface area contributed by atoms with Gasteiger partial charge in [-0.25, -0.2) is 13.8 Å². The van der Waals surface area contributed by atoms with Crippen LogP contribution in [-0.2, 0) is 13.1 Å². The summed E-state index contributed by atoms with van der Waals surface area (Å²) in [6.45, 7) is 7.14. The van der Waals surface area contributed by atoms with E-state index in [1.54, 1.807) is 0 Å². The molecule has 4 aliphatic rings. The molecule has 0 atom stereocenters. The Kier molecular flexibility index (Phi) is 4.70. The summed E-state index contributed by atoms with van der Waals surface area (Å²) < 4.78 is 30.0. The molecule has 36 heavy (non-hydrogen) atoms. The lowest BCUT2D eigenvalue weighted by Crippen LogP contribution is -2.62. The molecule has 6 nitrogen and oxygen atoms in total. The van der Waals surface area contributed by atoms with Gasteiger partial charge in [-0.05, 0) is 68.1 Å². The number of pyridine rings is 1. The maximum Gasteiger partial charge on any atom is 0.251 e. The summed E-state index contributed by atoms with van der Waals surface area (Å²) in [5.74, 6) is 0.598. The van der Waals surface area contributed by atoms with Crippen LogP contribution in [0, 0.1) is 12.3 Å². The van der Waals surface area contributed by atoms with Crippen molar-refractivity contribution in [3.05, 3.63) is 64.3 Å². The summed E-state index contributed by atoms with van der Waals surface area (Å²) in [5, 5.41) is 9.91. The number of rotatable bonds is 3. The topological polar surface area (TPSA) is 50.1 Å². The summed E-state index contributed by atoms with van der Waals surface area (Å²) in [7, 11) is 0. The van der Waals surface area contributed by atoms with Crippen LogP contribution >= 0.6 is 11.6 Å². The monoisotopic (exact) mass is 510 g/mol. The largest absolute Gasteiger partial charge is 0.355 e. The van der Waals surface area contributed by atoms with Crippen molar-refractivity contribution in [3.63, 3.8) is 0 Å². The molecule has 2 aromatic heterocycles. The Bertz CT molecular complexity index is 1350. The van der Waals surface area contributed by atoms with Crippen LogP contribution in [0.3, 0.4) is 0 Å². The highest BCUT2D eigenvalue weighted by Gasteiger charge is 2.57. The summed E-state index contributed by atoms with van der Waals surface area (Å²) in [6, 6.07) is 10.1. The van der Waals surface area contributed by atoms with Crippen LogP contribution in [0.25, 0.3) is 5.69 Å². The summed E-state index contributed by atoms with van der Waals surface area (Å²) in [6.07, 6.45) is 3.76. The molecule has 0 radical (unpaired) electrons. The molecule has 0 bridgehead atoms. The number of alkyl halides is 2. The van der Waals surface area contributed by atoms with Crippen molar-refractivity contribution in [1.82, 2.24) is 24.6 Å². The SMILES string of the molecule is Cc1ccnc(N2CC3(CC(c4nnc5n4-c4ccc(Cl)cc4CN(C4(C)CC(F)(F)C4)C5)C3)C2)c1. The number of aryl methyl sites for hydroxylation is 1. The minimum Gasteiger partial charge on any atom is -0.355 e. The van der Waals surface area contributed by atoms with Gasteiger partial charge in [0.2, 0.25) is 0 Å². The van der Waals surface area contributed by atoms with Crippen molar-refractivity contribution in [1.29, 1.82) is 0 Å². The first-order chi connectivity index (χ1) is 17.1. The molecule has 0 amide bonds. The fraction of sp³-hybridized carbons (Fsp3) is 0.519. The van der Waals surface area contributed by atoms with Gasteiger partial charge in [0.15, 0.2) is 5.82 Å². The second-order valence-corrected chi connectivity index (χ2v) is 12.2. The highest BCUT2D eigenvalue weighted by Crippen LogP contribution is 2.57. The van der Waals surface area contributed by atoms with Gasteiger partial charge in [0.25, 0.3) is 5.92 Å². The minimum absolute atomic E-state index is 0.131. The number of nitrogens with zero attached hydrogens (tertiary/aromatic N) is 6. The number of fused-ring (bicyclic) bond motifs is 3. The molecule has 3 fully saturated rings. The van der Waals surface area contributed by atoms with Crippen molar-refractivity contribution in [3.8, 4) is 5.69 Å². The second kappa shape index (κ2) is 7.48. The smallest absolute Gasteiger partial charge is 0.251 e. The van der Waals surface area contributed by atoms with Crippen LogP contribution in [0.5, 0.6) is 0 Å². The van der Waals surface area contributed by atoms with Gasteiger partial charge in [0.1, 0.15) is 11.6 Å². The molecular weight excluding hydrogens is 482 g/mol. The summed E-state index contributed by atoms with van der Waals surface area (Å²) in [4.78, 5) is 9.03. The molecule has 188 valence electrons. The fourth-order valence-corrected chi connectivity index (χ4v) is 7.20. The third-order valence-corrected chi connectivity index (χ3v) is 9.01. The van der Waals surface area contributed by atoms with E-state index in [1.165, 1.54) is 5.56 Å². The van der Waals surface area contributed by atoms with E-state index in [1.807, 2.05) is 37.4 Å². The lowest BCUT2D eigenvalue weighted by molar-refractivity contribution is -0.173. The Balaban J connectivity index is 1.15. The highest BCUT2D eigenvalue weighted by molar-refractivity contribution is 6.30. The van der Waals surface area contributed by atoms with Gasteiger partial charge in [0.05, 0.1) is 12.2 Å². The van der Waals surface area contributed by atoms with E-state index in [2.05, 4.69) is 42.5 Å². The Hall–Kier alpha value is -2.58. The number of halogens is 3. The Labute approximate surface area is 214 Å². The van der Waals surface area contributed by atoms with E-state index >= 15 is 0 Å². The first-order valence-electron chi connectivity index (χ1n) is 12.7. The molecular formula is C27H29ClF2N6. The van der Waals surface area contributed by atoms with Crippen molar-refractivity contribution < 1.29 is 8.78 Å². The Morgan fingerprint density at radius 1 is 1.03 bits per heavy atom. The van der Waals surface area contributed by atoms with Gasteiger partial charge in [-0.3, -0.25) is 9.47 Å². The fourth-order valence-electron chi connectivity index (χ4n) is 7.00. The van der Waals surface area contributed by atoms with Gasteiger partial charge >= 0.3 is 0 Å². The molecule has 3 aromatic rings. The highest BCUT2D eigenvalue weighted by atomic mass is 35.5. The molecule has 0 unspecified atom stereocenters. The lowest BCUT2D eigenvalue weighted by Gasteiger charge is -2.59. The van der Waals surface area contributed by atoms with Gasteiger partial charge in [-0.2, -0.15) is 0 Å². The third-order valence-electron chi connectivity index (χ3n) is 8.77. The lowest BCUT2D eigenvalue weighted by atomic mass is 9.57. The van der Waals surface area contributed by atoms with Crippen LogP contribution < -0.4 is 4.90 Å². The zero-order chi connectivity index (χ0) is 24.9. The van der Waals surface area contributed by atoms with E-state index < -0.39 is 11.5 Å². The molecule has 0 N–H and O–H groups in total. The van der Waals surface area contributed by atoms with Crippen molar-refractivity contribution in [2.45, 2.75) is 70.0 Å². The van der Waals surface area contributed by atoms with Crippen LogP contribution in [0.2, 0.25) is 5.02 Å². The number of aromatic nitrogens is 4. The molecule has 7 rings (SSSR count). The summed E-state index contributed by atoms with van der Waals surface area (Å²) in [5.41, 5.74) is 3.03. The van der Waals surface area contributed by atoms with E-state index in [0.717, 1.165) is 54.6 Å². The molecule has 2 saturated carbocycles. The molecule has 2 aliphatic carbocycles. The second-order valence-electron chi connectivity index (χ2n) is 11.8. The average molecular weight is 511 g/mol. The summed E-state index contributed by atoms with van der Waals surface area (Å²) >= 11 is 6.38. The molecule has 4 heterocycles. The van der Waals surface area contributed by atoms with Gasteiger partial charge < -0.3 is 4.90 Å². The number of benzene rings is 1. The first-order valence-corrected chi connectivity index (χ1v) is 13.0. The quantitative estimate of drug-likeness (QED) is 0.465. The number of hydrogen-bond acceptors (Lipinski definition) is 5. The van der Waals surface area contributed by atoms with Gasteiger partial charge in [0, 0.05) is 60.6 Å². The Morgan fingerprint density at radius 2 is 1.81 bits per heavy atom. The first kappa shape index (κ1) is 22.6. The number of anilines is 1. The van der Waals surface area contributed by atoms with Crippen molar-refractivity contribution in [2.75, 3.05) is 18.0 Å². The molecule has 2 aliphatic heterocycles. The van der Waals surface area contributed by atoms with Crippen LogP contribution in [0.15, 0.2) is 36.5 Å². The van der Waals surface area contributed by atoms with Crippen LogP contribution in [0.1, 0.15) is 61.3 Å². The van der Waals surface area contributed by atoms with Gasteiger partial charge in [-0.15, -0.1) is 10.2 Å². The van der Waals surface area contributed by atoms with Crippen molar-refractivity contribution >= 4 is 17.4 Å². The zero-order valence-corrected chi connectivity index (χ0v) is 21.3. The molecule has 1 spiro atoms. The van der Waals surface area contributed by atoms with E-state index in [0.29, 0.717) is 29.4 Å².